The molecule has 0 saturated heterocycles. The van der Waals surface area contributed by atoms with Crippen molar-refractivity contribution in [1.82, 2.24) is 9.97 Å². The van der Waals surface area contributed by atoms with Crippen molar-refractivity contribution < 1.29 is 9.13 Å². The van der Waals surface area contributed by atoms with Crippen molar-refractivity contribution in [2.24, 2.45) is 0 Å². The Morgan fingerprint density at radius 3 is 2.82 bits per heavy atom. The van der Waals surface area contributed by atoms with Gasteiger partial charge < -0.3 is 4.74 Å². The number of aromatic nitrogens is 2. The van der Waals surface area contributed by atoms with Gasteiger partial charge in [-0.05, 0) is 40.8 Å². The predicted molar refractivity (Wildman–Crippen MR) is 71.7 cm³/mol. The Hall–Kier alpha value is -0.950. The van der Waals surface area contributed by atoms with E-state index < -0.39 is 5.82 Å². The lowest BCUT2D eigenvalue weighted by molar-refractivity contribution is 0.387. The second kappa shape index (κ2) is 5.14. The first-order valence-electron chi connectivity index (χ1n) is 4.64. The fourth-order valence-corrected chi connectivity index (χ4v) is 1.67. The van der Waals surface area contributed by atoms with E-state index >= 15 is 0 Å². The molecule has 2 rings (SSSR count). The molecular weight excluding hydrogens is 357 g/mol. The van der Waals surface area contributed by atoms with Crippen molar-refractivity contribution in [3.05, 3.63) is 38.9 Å². The molecule has 2 aromatic rings. The van der Waals surface area contributed by atoms with Crippen molar-refractivity contribution in [3.63, 3.8) is 0 Å². The number of ether oxygens (including phenoxy) is 1. The van der Waals surface area contributed by atoms with Gasteiger partial charge in [-0.15, -0.1) is 0 Å². The van der Waals surface area contributed by atoms with E-state index in [1.54, 1.807) is 12.3 Å². The van der Waals surface area contributed by atoms with Crippen LogP contribution in [0.5, 0.6) is 5.75 Å². The molecule has 0 spiro atoms. The van der Waals surface area contributed by atoms with Gasteiger partial charge >= 0.3 is 0 Å². The van der Waals surface area contributed by atoms with Gasteiger partial charge in [0, 0.05) is 11.8 Å². The van der Waals surface area contributed by atoms with Crippen LogP contribution in [0.3, 0.4) is 0 Å². The van der Waals surface area contributed by atoms with Crippen molar-refractivity contribution in [2.45, 2.75) is 0 Å². The van der Waals surface area contributed by atoms with Crippen LogP contribution in [0.4, 0.5) is 4.39 Å². The number of hydrogen-bond donors (Lipinski definition) is 0. The minimum atomic E-state index is -0.423. The monoisotopic (exact) mass is 364 g/mol. The molecule has 0 atom stereocenters. The molecule has 0 radical (unpaired) electrons. The SMILES string of the molecule is COc1cc(-c2ncc(I)c(Cl)n2)ccc1F. The molecule has 3 nitrogen and oxygen atoms in total. The number of benzene rings is 1. The first-order valence-corrected chi connectivity index (χ1v) is 6.09. The number of methoxy groups -OCH3 is 1. The van der Waals surface area contributed by atoms with Gasteiger partial charge in [-0.25, -0.2) is 14.4 Å². The van der Waals surface area contributed by atoms with Crippen LogP contribution >= 0.6 is 34.2 Å². The Morgan fingerprint density at radius 2 is 2.18 bits per heavy atom. The molecule has 1 aromatic heterocycles. The van der Waals surface area contributed by atoms with E-state index in [0.29, 0.717) is 16.5 Å². The third-order valence-electron chi connectivity index (χ3n) is 2.11. The van der Waals surface area contributed by atoms with Gasteiger partial charge in [0.2, 0.25) is 0 Å². The van der Waals surface area contributed by atoms with Gasteiger partial charge in [0.25, 0.3) is 0 Å². The topological polar surface area (TPSA) is 35.0 Å². The summed E-state index contributed by atoms with van der Waals surface area (Å²) < 4.78 is 18.9. The highest BCUT2D eigenvalue weighted by molar-refractivity contribution is 14.1. The van der Waals surface area contributed by atoms with E-state index in [0.717, 1.165) is 3.57 Å². The lowest BCUT2D eigenvalue weighted by Crippen LogP contribution is -1.93. The number of nitrogens with zero attached hydrogens (tertiary/aromatic N) is 2. The summed E-state index contributed by atoms with van der Waals surface area (Å²) in [5.74, 6) is 0.169. The van der Waals surface area contributed by atoms with Gasteiger partial charge in [-0.1, -0.05) is 11.6 Å². The highest BCUT2D eigenvalue weighted by Crippen LogP contribution is 2.25. The number of halogens is 3. The largest absolute Gasteiger partial charge is 0.494 e. The summed E-state index contributed by atoms with van der Waals surface area (Å²) >= 11 is 7.94. The highest BCUT2D eigenvalue weighted by atomic mass is 127. The van der Waals surface area contributed by atoms with E-state index in [-0.39, 0.29) is 5.75 Å². The first kappa shape index (κ1) is 12.5. The van der Waals surface area contributed by atoms with Gasteiger partial charge in [0.05, 0.1) is 10.7 Å². The molecule has 0 N–H and O–H groups in total. The summed E-state index contributed by atoms with van der Waals surface area (Å²) in [4.78, 5) is 8.25. The maximum Gasteiger partial charge on any atom is 0.165 e. The van der Waals surface area contributed by atoms with E-state index in [4.69, 9.17) is 16.3 Å². The summed E-state index contributed by atoms with van der Waals surface area (Å²) in [5, 5.41) is 0.374. The molecule has 0 aliphatic carbocycles. The molecule has 6 heteroatoms. The van der Waals surface area contributed by atoms with Gasteiger partial charge in [0.1, 0.15) is 5.15 Å². The minimum absolute atomic E-state index is 0.153. The Morgan fingerprint density at radius 1 is 1.41 bits per heavy atom. The molecule has 0 saturated carbocycles. The quantitative estimate of drug-likeness (QED) is 0.604. The molecule has 17 heavy (non-hydrogen) atoms. The smallest absolute Gasteiger partial charge is 0.165 e. The summed E-state index contributed by atoms with van der Waals surface area (Å²) in [6.45, 7) is 0. The molecule has 0 unspecified atom stereocenters. The predicted octanol–water partition coefficient (Wildman–Crippen LogP) is 3.55. The molecule has 0 amide bonds. The molecule has 1 heterocycles. The van der Waals surface area contributed by atoms with Gasteiger partial charge in [-0.2, -0.15) is 0 Å². The summed E-state index contributed by atoms with van der Waals surface area (Å²) in [5.41, 5.74) is 0.654. The van der Waals surface area contributed by atoms with Crippen LogP contribution in [-0.2, 0) is 0 Å². The van der Waals surface area contributed by atoms with Crippen molar-refractivity contribution in [3.8, 4) is 17.1 Å². The Bertz CT molecular complexity index is 565. The van der Waals surface area contributed by atoms with E-state index in [2.05, 4.69) is 9.97 Å². The average Bonchev–Trinajstić information content (AvgIpc) is 2.33. The maximum atomic E-state index is 13.2. The molecule has 0 fully saturated rings. The first-order chi connectivity index (χ1) is 8.11. The fourth-order valence-electron chi connectivity index (χ4n) is 1.28. The summed E-state index contributed by atoms with van der Waals surface area (Å²) in [7, 11) is 1.41. The van der Waals surface area contributed by atoms with Gasteiger partial charge in [0.15, 0.2) is 17.4 Å². The molecule has 88 valence electrons. The average molecular weight is 365 g/mol. The zero-order chi connectivity index (χ0) is 12.4. The normalized spacial score (nSPS) is 10.4. The fraction of sp³-hybridized carbons (Fsp3) is 0.0909. The molecular formula is C11H7ClFIN2O. The lowest BCUT2D eigenvalue weighted by Gasteiger charge is -2.05. The van der Waals surface area contributed by atoms with Crippen molar-refractivity contribution in [2.75, 3.05) is 7.11 Å². The number of hydrogen-bond acceptors (Lipinski definition) is 3. The van der Waals surface area contributed by atoms with Crippen LogP contribution in [0.25, 0.3) is 11.4 Å². The summed E-state index contributed by atoms with van der Waals surface area (Å²) in [6.07, 6.45) is 1.61. The lowest BCUT2D eigenvalue weighted by atomic mass is 10.2. The van der Waals surface area contributed by atoms with Crippen LogP contribution in [0, 0.1) is 9.39 Å². The van der Waals surface area contributed by atoms with Crippen LogP contribution in [0.1, 0.15) is 0 Å². The Kier molecular flexibility index (Phi) is 3.78. The molecule has 0 bridgehead atoms. The zero-order valence-corrected chi connectivity index (χ0v) is 11.7. The zero-order valence-electron chi connectivity index (χ0n) is 8.75. The van der Waals surface area contributed by atoms with Crippen LogP contribution in [0.2, 0.25) is 5.15 Å². The minimum Gasteiger partial charge on any atom is -0.494 e. The molecule has 0 aliphatic heterocycles. The third kappa shape index (κ3) is 2.66. The molecule has 0 aliphatic rings. The Labute approximate surface area is 116 Å². The van der Waals surface area contributed by atoms with Crippen LogP contribution in [0.15, 0.2) is 24.4 Å². The van der Waals surface area contributed by atoms with Crippen LogP contribution < -0.4 is 4.74 Å². The number of rotatable bonds is 2. The molecule has 1 aromatic carbocycles. The van der Waals surface area contributed by atoms with Gasteiger partial charge in [-0.3, -0.25) is 0 Å². The van der Waals surface area contributed by atoms with Crippen LogP contribution in [-0.4, -0.2) is 17.1 Å². The van der Waals surface area contributed by atoms with E-state index in [1.165, 1.54) is 19.2 Å². The summed E-state index contributed by atoms with van der Waals surface area (Å²) in [6, 6.07) is 4.42. The Balaban J connectivity index is 2.49. The van der Waals surface area contributed by atoms with Crippen molar-refractivity contribution >= 4 is 34.2 Å². The van der Waals surface area contributed by atoms with E-state index in [9.17, 15) is 4.39 Å². The highest BCUT2D eigenvalue weighted by Gasteiger charge is 2.09. The second-order valence-electron chi connectivity index (χ2n) is 3.18. The standard InChI is InChI=1S/C11H7ClFIN2O/c1-17-9-4-6(2-3-7(9)13)11-15-5-8(14)10(12)16-11/h2-5H,1H3. The van der Waals surface area contributed by atoms with E-state index in [1.807, 2.05) is 22.6 Å². The maximum absolute atomic E-state index is 13.2. The second-order valence-corrected chi connectivity index (χ2v) is 4.70. The third-order valence-corrected chi connectivity index (χ3v) is 3.51. The van der Waals surface area contributed by atoms with Crippen molar-refractivity contribution in [1.29, 1.82) is 0 Å².